The van der Waals surface area contributed by atoms with E-state index in [1.807, 2.05) is 0 Å². The smallest absolute Gasteiger partial charge is 0.277 e. The molecule has 0 aromatic carbocycles. The number of nitrogens with zero attached hydrogens (tertiary/aromatic N) is 4. The Morgan fingerprint density at radius 2 is 2.11 bits per heavy atom. The summed E-state index contributed by atoms with van der Waals surface area (Å²) in [5.41, 5.74) is 0.981. The van der Waals surface area contributed by atoms with Crippen LogP contribution in [-0.4, -0.2) is 40.1 Å². The summed E-state index contributed by atoms with van der Waals surface area (Å²) < 4.78 is 27.6. The van der Waals surface area contributed by atoms with E-state index in [2.05, 4.69) is 20.3 Å². The number of sulfonamides is 1. The van der Waals surface area contributed by atoms with E-state index in [1.165, 1.54) is 40.3 Å². The van der Waals surface area contributed by atoms with Crippen LogP contribution in [0.25, 0.3) is 0 Å². The number of carbonyl (C=O) groups excluding carboxylic acids is 1. The van der Waals surface area contributed by atoms with Crippen LogP contribution in [0.2, 0.25) is 4.34 Å². The van der Waals surface area contributed by atoms with E-state index < -0.39 is 15.9 Å². The van der Waals surface area contributed by atoms with Crippen LogP contribution in [0.15, 0.2) is 34.9 Å². The van der Waals surface area contributed by atoms with Gasteiger partial charge < -0.3 is 0 Å². The third-order valence-electron chi connectivity index (χ3n) is 3.86. The van der Waals surface area contributed by atoms with Gasteiger partial charge in [-0.2, -0.15) is 4.31 Å². The molecular weight excluding hydrogens is 430 g/mol. The van der Waals surface area contributed by atoms with Crippen molar-refractivity contribution < 1.29 is 13.2 Å². The van der Waals surface area contributed by atoms with Crippen LogP contribution in [-0.2, 0) is 23.0 Å². The Morgan fingerprint density at radius 3 is 2.81 bits per heavy atom. The minimum absolute atomic E-state index is 0.185. The van der Waals surface area contributed by atoms with E-state index in [0.717, 1.165) is 21.9 Å². The number of thiophene rings is 1. The molecule has 0 fully saturated rings. The van der Waals surface area contributed by atoms with Crippen LogP contribution in [0.4, 0.5) is 5.13 Å². The van der Waals surface area contributed by atoms with Crippen LogP contribution in [0.1, 0.15) is 21.1 Å². The Hall–Kier alpha value is -1.92. The van der Waals surface area contributed by atoms with Crippen molar-refractivity contribution in [1.29, 1.82) is 0 Å². The minimum Gasteiger partial charge on any atom is -0.296 e. The van der Waals surface area contributed by atoms with Gasteiger partial charge in [0.25, 0.3) is 15.9 Å². The summed E-state index contributed by atoms with van der Waals surface area (Å²) in [6.45, 7) is 0.540. The minimum atomic E-state index is -3.60. The number of amides is 1. The zero-order chi connectivity index (χ0) is 19.0. The highest BCUT2D eigenvalue weighted by molar-refractivity contribution is 7.91. The van der Waals surface area contributed by atoms with Gasteiger partial charge in [0.05, 0.1) is 22.8 Å². The zero-order valence-electron chi connectivity index (χ0n) is 13.6. The first-order valence-electron chi connectivity index (χ1n) is 7.75. The second-order valence-electron chi connectivity index (χ2n) is 5.58. The highest BCUT2D eigenvalue weighted by Gasteiger charge is 2.31. The van der Waals surface area contributed by atoms with Gasteiger partial charge in [0.15, 0.2) is 5.13 Å². The summed E-state index contributed by atoms with van der Waals surface area (Å²) in [7, 11) is -3.60. The van der Waals surface area contributed by atoms with Gasteiger partial charge in [-0.15, -0.1) is 22.7 Å². The summed E-state index contributed by atoms with van der Waals surface area (Å²) in [4.78, 5) is 25.2. The van der Waals surface area contributed by atoms with Crippen molar-refractivity contribution in [2.24, 2.45) is 0 Å². The summed E-state index contributed by atoms with van der Waals surface area (Å²) >= 11 is 8.16. The first-order valence-corrected chi connectivity index (χ1v) is 11.2. The molecule has 0 unspecified atom stereocenters. The van der Waals surface area contributed by atoms with Crippen LogP contribution in [0.3, 0.4) is 0 Å². The molecule has 0 spiro atoms. The zero-order valence-corrected chi connectivity index (χ0v) is 16.8. The van der Waals surface area contributed by atoms with Gasteiger partial charge in [0, 0.05) is 30.2 Å². The van der Waals surface area contributed by atoms with E-state index in [4.69, 9.17) is 11.6 Å². The van der Waals surface area contributed by atoms with Crippen LogP contribution >= 0.6 is 34.3 Å². The van der Waals surface area contributed by atoms with Crippen LogP contribution in [0.5, 0.6) is 0 Å². The molecule has 1 aliphatic heterocycles. The van der Waals surface area contributed by atoms with E-state index in [1.54, 1.807) is 6.07 Å². The quantitative estimate of drug-likeness (QED) is 0.667. The normalized spacial score (nSPS) is 14.7. The van der Waals surface area contributed by atoms with Gasteiger partial charge in [0.1, 0.15) is 9.90 Å². The molecule has 0 saturated carbocycles. The van der Waals surface area contributed by atoms with Crippen molar-refractivity contribution >= 4 is 55.3 Å². The van der Waals surface area contributed by atoms with Crippen molar-refractivity contribution in [3.05, 3.63) is 51.3 Å². The first-order chi connectivity index (χ1) is 12.9. The summed E-state index contributed by atoms with van der Waals surface area (Å²) in [6, 6.07) is 3.08. The maximum absolute atomic E-state index is 12.8. The predicted octanol–water partition coefficient (Wildman–Crippen LogP) is 2.65. The third-order valence-corrected chi connectivity index (χ3v) is 8.40. The van der Waals surface area contributed by atoms with Gasteiger partial charge in [0.2, 0.25) is 0 Å². The molecule has 0 aliphatic carbocycles. The summed E-state index contributed by atoms with van der Waals surface area (Å²) in [5.74, 6) is -0.410. The molecule has 4 heterocycles. The van der Waals surface area contributed by atoms with Crippen LogP contribution in [0, 0.1) is 0 Å². The number of carbonyl (C=O) groups is 1. The number of fused-ring (bicyclic) bond motifs is 1. The second-order valence-corrected chi connectivity index (χ2v) is 10.5. The molecular formula is C15H12ClN5O3S3. The standard InChI is InChI=1S/C15H12ClN5O3S3/c16-12-1-2-13(26-12)27(23,24)21-6-3-9-11(8-21)25-15(19-9)20-14(22)10-7-17-4-5-18-10/h1-2,4-5,7H,3,6,8H2,(H,19,20,22). The Kier molecular flexibility index (Phi) is 4.95. The topological polar surface area (TPSA) is 105 Å². The maximum atomic E-state index is 12.8. The third kappa shape index (κ3) is 3.73. The van der Waals surface area contributed by atoms with Gasteiger partial charge in [-0.1, -0.05) is 11.6 Å². The molecule has 0 bridgehead atoms. The van der Waals surface area contributed by atoms with E-state index >= 15 is 0 Å². The number of thiazole rings is 1. The molecule has 1 N–H and O–H groups in total. The fourth-order valence-electron chi connectivity index (χ4n) is 2.57. The van der Waals surface area contributed by atoms with Gasteiger partial charge in [-0.05, 0) is 12.1 Å². The molecule has 4 rings (SSSR count). The molecule has 0 atom stereocenters. The lowest BCUT2D eigenvalue weighted by molar-refractivity contribution is 0.102. The maximum Gasteiger partial charge on any atom is 0.277 e. The average Bonchev–Trinajstić information content (AvgIpc) is 3.27. The van der Waals surface area contributed by atoms with Crippen molar-refractivity contribution in [1.82, 2.24) is 19.3 Å². The first kappa shape index (κ1) is 18.4. The summed E-state index contributed by atoms with van der Waals surface area (Å²) in [6.07, 6.45) is 4.75. The largest absolute Gasteiger partial charge is 0.296 e. The van der Waals surface area contributed by atoms with Crippen molar-refractivity contribution in [3.8, 4) is 0 Å². The molecule has 3 aromatic heterocycles. The van der Waals surface area contributed by atoms with Gasteiger partial charge >= 0.3 is 0 Å². The molecule has 1 aliphatic rings. The second kappa shape index (κ2) is 7.24. The monoisotopic (exact) mass is 441 g/mol. The Labute approximate surface area is 167 Å². The lowest BCUT2D eigenvalue weighted by Crippen LogP contribution is -2.35. The van der Waals surface area contributed by atoms with Crippen molar-refractivity contribution in [3.63, 3.8) is 0 Å². The molecule has 12 heteroatoms. The van der Waals surface area contributed by atoms with E-state index in [9.17, 15) is 13.2 Å². The Bertz CT molecular complexity index is 1100. The van der Waals surface area contributed by atoms with Crippen molar-refractivity contribution in [2.45, 2.75) is 17.2 Å². The average molecular weight is 442 g/mol. The van der Waals surface area contributed by atoms with Gasteiger partial charge in [-0.3, -0.25) is 15.1 Å². The van der Waals surface area contributed by atoms with E-state index in [0.29, 0.717) is 22.4 Å². The van der Waals surface area contributed by atoms with Gasteiger partial charge in [-0.25, -0.2) is 18.4 Å². The number of aromatic nitrogens is 3. The number of hydrogen-bond acceptors (Lipinski definition) is 8. The molecule has 0 radical (unpaired) electrons. The number of nitrogens with one attached hydrogen (secondary N) is 1. The van der Waals surface area contributed by atoms with Crippen LogP contribution < -0.4 is 5.32 Å². The van der Waals surface area contributed by atoms with E-state index in [-0.39, 0.29) is 16.4 Å². The lowest BCUT2D eigenvalue weighted by atomic mass is 10.2. The molecule has 3 aromatic rings. The fraction of sp³-hybridized carbons (Fsp3) is 0.200. The molecule has 27 heavy (non-hydrogen) atoms. The fourth-order valence-corrected chi connectivity index (χ4v) is 6.72. The molecule has 8 nitrogen and oxygen atoms in total. The Morgan fingerprint density at radius 1 is 1.26 bits per heavy atom. The predicted molar refractivity (Wildman–Crippen MR) is 103 cm³/mol. The number of halogens is 1. The van der Waals surface area contributed by atoms with Crippen molar-refractivity contribution in [2.75, 3.05) is 11.9 Å². The SMILES string of the molecule is O=C(Nc1nc2c(s1)CN(S(=O)(=O)c1ccc(Cl)s1)CC2)c1cnccn1. The molecule has 1 amide bonds. The number of anilines is 1. The lowest BCUT2D eigenvalue weighted by Gasteiger charge is -2.24. The molecule has 140 valence electrons. The Balaban J connectivity index is 1.52. The number of hydrogen-bond donors (Lipinski definition) is 1. The number of rotatable bonds is 4. The highest BCUT2D eigenvalue weighted by Crippen LogP contribution is 2.33. The molecule has 0 saturated heterocycles. The highest BCUT2D eigenvalue weighted by atomic mass is 35.5. The summed E-state index contributed by atoms with van der Waals surface area (Å²) in [5, 5.41) is 3.10.